The predicted octanol–water partition coefficient (Wildman–Crippen LogP) is 2.24. The third-order valence-electron chi connectivity index (χ3n) is 4.53. The lowest BCUT2D eigenvalue weighted by Gasteiger charge is -2.16. The normalized spacial score (nSPS) is 16.3. The number of likely N-dealkylation sites (tertiary alicyclic amines) is 1. The molecule has 6 heteroatoms. The average Bonchev–Trinajstić information content (AvgIpc) is 3.06. The van der Waals surface area contributed by atoms with Crippen molar-refractivity contribution in [3.8, 4) is 11.5 Å². The van der Waals surface area contributed by atoms with E-state index in [9.17, 15) is 9.59 Å². The number of carbonyl (C=O) groups is 2. The number of ether oxygens (including phenoxy) is 2. The van der Waals surface area contributed by atoms with Gasteiger partial charge in [-0.15, -0.1) is 0 Å². The molecule has 1 aliphatic rings. The van der Waals surface area contributed by atoms with E-state index >= 15 is 0 Å². The van der Waals surface area contributed by atoms with E-state index in [-0.39, 0.29) is 24.2 Å². The summed E-state index contributed by atoms with van der Waals surface area (Å²) in [4.78, 5) is 26.3. The van der Waals surface area contributed by atoms with Crippen molar-refractivity contribution in [2.45, 2.75) is 13.0 Å². The Morgan fingerprint density at radius 1 is 1.11 bits per heavy atom. The fraction of sp³-hybridized carbons (Fsp3) is 0.333. The maximum atomic E-state index is 12.4. The molecule has 1 fully saturated rings. The SMILES string of the molecule is COc1ccccc1OCCNC(=O)[C@H]1CC(=O)N(Cc2ccccc2)C1. The molecular formula is C21H24N2O4. The van der Waals surface area contributed by atoms with Crippen molar-refractivity contribution in [1.82, 2.24) is 10.2 Å². The van der Waals surface area contributed by atoms with Crippen molar-refractivity contribution in [2.75, 3.05) is 26.8 Å². The molecule has 1 atom stereocenters. The Labute approximate surface area is 159 Å². The molecule has 2 aromatic rings. The van der Waals surface area contributed by atoms with E-state index in [0.29, 0.717) is 37.7 Å². The molecule has 6 nitrogen and oxygen atoms in total. The summed E-state index contributed by atoms with van der Waals surface area (Å²) >= 11 is 0. The third kappa shape index (κ3) is 5.00. The molecule has 1 aliphatic heterocycles. The molecule has 0 spiro atoms. The van der Waals surface area contributed by atoms with Gasteiger partial charge in [-0.2, -0.15) is 0 Å². The van der Waals surface area contributed by atoms with Gasteiger partial charge in [0, 0.05) is 19.5 Å². The maximum Gasteiger partial charge on any atom is 0.225 e. The standard InChI is InChI=1S/C21H24N2O4/c1-26-18-9-5-6-10-19(18)27-12-11-22-21(25)17-13-20(24)23(15-17)14-16-7-3-2-4-8-16/h2-10,17H,11-15H2,1H3,(H,22,25)/t17-/m0/s1. The summed E-state index contributed by atoms with van der Waals surface area (Å²) in [5.41, 5.74) is 1.07. The molecule has 1 heterocycles. The summed E-state index contributed by atoms with van der Waals surface area (Å²) in [6, 6.07) is 17.2. The van der Waals surface area contributed by atoms with Crippen LogP contribution in [-0.2, 0) is 16.1 Å². The summed E-state index contributed by atoms with van der Waals surface area (Å²) in [7, 11) is 1.59. The minimum Gasteiger partial charge on any atom is -0.493 e. The monoisotopic (exact) mass is 368 g/mol. The molecule has 2 amide bonds. The summed E-state index contributed by atoms with van der Waals surface area (Å²) in [6.07, 6.45) is 0.256. The second-order valence-corrected chi connectivity index (χ2v) is 6.45. The van der Waals surface area contributed by atoms with Crippen molar-refractivity contribution >= 4 is 11.8 Å². The quantitative estimate of drug-likeness (QED) is 0.726. The molecular weight excluding hydrogens is 344 g/mol. The number of rotatable bonds is 8. The molecule has 1 saturated heterocycles. The van der Waals surface area contributed by atoms with E-state index in [4.69, 9.17) is 9.47 Å². The highest BCUT2D eigenvalue weighted by Gasteiger charge is 2.33. The number of carbonyl (C=O) groups excluding carboxylic acids is 2. The van der Waals surface area contributed by atoms with Crippen molar-refractivity contribution < 1.29 is 19.1 Å². The lowest BCUT2D eigenvalue weighted by molar-refractivity contribution is -0.129. The number of hydrogen-bond acceptors (Lipinski definition) is 4. The van der Waals surface area contributed by atoms with Crippen molar-refractivity contribution in [3.05, 3.63) is 60.2 Å². The average molecular weight is 368 g/mol. The van der Waals surface area contributed by atoms with Crippen LogP contribution in [-0.4, -0.2) is 43.5 Å². The zero-order valence-electron chi connectivity index (χ0n) is 15.4. The van der Waals surface area contributed by atoms with Crippen molar-refractivity contribution in [1.29, 1.82) is 0 Å². The first-order chi connectivity index (χ1) is 13.2. The number of para-hydroxylation sites is 2. The van der Waals surface area contributed by atoms with E-state index in [1.54, 1.807) is 12.0 Å². The molecule has 27 heavy (non-hydrogen) atoms. The molecule has 0 aromatic heterocycles. The fourth-order valence-corrected chi connectivity index (χ4v) is 3.12. The second kappa shape index (κ2) is 9.07. The lowest BCUT2D eigenvalue weighted by Crippen LogP contribution is -2.35. The summed E-state index contributed by atoms with van der Waals surface area (Å²) in [5, 5.41) is 2.85. The van der Waals surface area contributed by atoms with E-state index in [0.717, 1.165) is 5.56 Å². The van der Waals surface area contributed by atoms with Crippen LogP contribution in [0.2, 0.25) is 0 Å². The van der Waals surface area contributed by atoms with Gasteiger partial charge in [-0.25, -0.2) is 0 Å². The highest BCUT2D eigenvalue weighted by Crippen LogP contribution is 2.25. The van der Waals surface area contributed by atoms with Crippen LogP contribution < -0.4 is 14.8 Å². The highest BCUT2D eigenvalue weighted by atomic mass is 16.5. The number of methoxy groups -OCH3 is 1. The Balaban J connectivity index is 1.43. The first kappa shape index (κ1) is 18.8. The summed E-state index contributed by atoms with van der Waals surface area (Å²) < 4.78 is 10.9. The van der Waals surface area contributed by atoms with Gasteiger partial charge in [0.15, 0.2) is 11.5 Å². The third-order valence-corrected chi connectivity index (χ3v) is 4.53. The molecule has 0 unspecified atom stereocenters. The Hall–Kier alpha value is -3.02. The van der Waals surface area contributed by atoms with Gasteiger partial charge < -0.3 is 19.7 Å². The number of nitrogens with zero attached hydrogens (tertiary/aromatic N) is 1. The minimum absolute atomic E-state index is 0.0178. The number of amides is 2. The van der Waals surface area contributed by atoms with E-state index in [2.05, 4.69) is 5.32 Å². The smallest absolute Gasteiger partial charge is 0.225 e. The van der Waals surface area contributed by atoms with Crippen molar-refractivity contribution in [3.63, 3.8) is 0 Å². The summed E-state index contributed by atoms with van der Waals surface area (Å²) in [5.74, 6) is 0.889. The predicted molar refractivity (Wildman–Crippen MR) is 101 cm³/mol. The van der Waals surface area contributed by atoms with E-state index in [1.807, 2.05) is 54.6 Å². The Kier molecular flexibility index (Phi) is 6.30. The van der Waals surface area contributed by atoms with E-state index in [1.165, 1.54) is 0 Å². The van der Waals surface area contributed by atoms with Crippen LogP contribution in [0.3, 0.4) is 0 Å². The van der Waals surface area contributed by atoms with Gasteiger partial charge in [-0.1, -0.05) is 42.5 Å². The minimum atomic E-state index is -0.313. The van der Waals surface area contributed by atoms with Crippen LogP contribution in [0, 0.1) is 5.92 Å². The number of hydrogen-bond donors (Lipinski definition) is 1. The Morgan fingerprint density at radius 2 is 1.81 bits per heavy atom. The van der Waals surface area contributed by atoms with Crippen LogP contribution in [0.5, 0.6) is 11.5 Å². The van der Waals surface area contributed by atoms with Gasteiger partial charge in [-0.3, -0.25) is 9.59 Å². The highest BCUT2D eigenvalue weighted by molar-refractivity contribution is 5.89. The van der Waals surface area contributed by atoms with Crippen LogP contribution >= 0.6 is 0 Å². The molecule has 0 radical (unpaired) electrons. The van der Waals surface area contributed by atoms with Gasteiger partial charge in [-0.05, 0) is 17.7 Å². The van der Waals surface area contributed by atoms with Gasteiger partial charge in [0.1, 0.15) is 6.61 Å². The Morgan fingerprint density at radius 3 is 2.56 bits per heavy atom. The van der Waals surface area contributed by atoms with Gasteiger partial charge >= 0.3 is 0 Å². The number of nitrogens with one attached hydrogen (secondary N) is 1. The van der Waals surface area contributed by atoms with Crippen LogP contribution in [0.15, 0.2) is 54.6 Å². The first-order valence-electron chi connectivity index (χ1n) is 9.02. The molecule has 2 aromatic carbocycles. The van der Waals surface area contributed by atoms with Crippen LogP contribution in [0.4, 0.5) is 0 Å². The largest absolute Gasteiger partial charge is 0.493 e. The van der Waals surface area contributed by atoms with Gasteiger partial charge in [0.05, 0.1) is 19.6 Å². The second-order valence-electron chi connectivity index (χ2n) is 6.45. The molecule has 1 N–H and O–H groups in total. The molecule has 0 aliphatic carbocycles. The van der Waals surface area contributed by atoms with E-state index < -0.39 is 0 Å². The molecule has 0 saturated carbocycles. The zero-order valence-corrected chi connectivity index (χ0v) is 15.4. The maximum absolute atomic E-state index is 12.4. The fourth-order valence-electron chi connectivity index (χ4n) is 3.12. The Bertz CT molecular complexity index is 779. The molecule has 0 bridgehead atoms. The topological polar surface area (TPSA) is 67.9 Å². The summed E-state index contributed by atoms with van der Waals surface area (Å²) in [6.45, 7) is 1.70. The molecule has 3 rings (SSSR count). The first-order valence-corrected chi connectivity index (χ1v) is 9.02. The van der Waals surface area contributed by atoms with Gasteiger partial charge in [0.2, 0.25) is 11.8 Å². The number of benzene rings is 2. The zero-order chi connectivity index (χ0) is 19.1. The van der Waals surface area contributed by atoms with Crippen LogP contribution in [0.25, 0.3) is 0 Å². The lowest BCUT2D eigenvalue weighted by atomic mass is 10.1. The van der Waals surface area contributed by atoms with Gasteiger partial charge in [0.25, 0.3) is 0 Å². The van der Waals surface area contributed by atoms with Crippen LogP contribution in [0.1, 0.15) is 12.0 Å². The van der Waals surface area contributed by atoms with Crippen molar-refractivity contribution in [2.24, 2.45) is 5.92 Å². The molecule has 142 valence electrons.